The summed E-state index contributed by atoms with van der Waals surface area (Å²) < 4.78 is 61.8. The average molecular weight is 500 g/mol. The second-order valence-electron chi connectivity index (χ2n) is 8.47. The van der Waals surface area contributed by atoms with E-state index in [-0.39, 0.29) is 23.3 Å². The van der Waals surface area contributed by atoms with Crippen LogP contribution >= 0.6 is 0 Å². The Kier molecular flexibility index (Phi) is 5.36. The highest BCUT2D eigenvalue weighted by molar-refractivity contribution is 7.93. The Morgan fingerprint density at radius 2 is 1.77 bits per heavy atom. The van der Waals surface area contributed by atoms with E-state index in [1.165, 1.54) is 12.1 Å². The van der Waals surface area contributed by atoms with E-state index in [1.807, 2.05) is 36.4 Å². The quantitative estimate of drug-likeness (QED) is 0.272. The first-order valence-corrected chi connectivity index (χ1v) is 12.2. The molecule has 3 aromatic carbocycles. The Bertz CT molecular complexity index is 1540. The number of rotatable bonds is 6. The van der Waals surface area contributed by atoms with Gasteiger partial charge in [-0.05, 0) is 53.3 Å². The number of nitrogens with zero attached hydrogens (tertiary/aromatic N) is 1. The minimum absolute atomic E-state index is 0.0101. The van der Waals surface area contributed by atoms with E-state index in [9.17, 15) is 26.7 Å². The Morgan fingerprint density at radius 1 is 1.06 bits per heavy atom. The number of aromatic nitrogens is 2. The molecule has 0 radical (unpaired) electrons. The number of H-pyrrole nitrogens is 1. The lowest BCUT2D eigenvalue weighted by Gasteiger charge is -2.10. The first-order chi connectivity index (χ1) is 16.5. The smallest absolute Gasteiger partial charge is 0.508 e. The van der Waals surface area contributed by atoms with Crippen molar-refractivity contribution in [3.63, 3.8) is 0 Å². The summed E-state index contributed by atoms with van der Waals surface area (Å²) in [5.74, 6) is 1.04. The second-order valence-corrected chi connectivity index (χ2v) is 10.1. The number of aliphatic hydroxyl groups is 1. The molecule has 10 heteroatoms. The van der Waals surface area contributed by atoms with Gasteiger partial charge in [0.05, 0.1) is 11.0 Å². The number of aromatic amines is 1. The monoisotopic (exact) mass is 499 g/mol. The van der Waals surface area contributed by atoms with Gasteiger partial charge in [-0.2, -0.15) is 21.6 Å². The number of anilines is 1. The molecule has 0 aliphatic heterocycles. The van der Waals surface area contributed by atoms with Crippen LogP contribution in [0.25, 0.3) is 27.9 Å². The lowest BCUT2D eigenvalue weighted by molar-refractivity contribution is -0.0429. The number of alkyl halides is 3. The number of hydrogen-bond donors (Lipinski definition) is 3. The van der Waals surface area contributed by atoms with Crippen molar-refractivity contribution in [3.8, 4) is 11.1 Å². The Balaban J connectivity index is 1.34. The molecule has 1 aromatic heterocycles. The molecule has 0 saturated heterocycles. The minimum Gasteiger partial charge on any atom is -0.508 e. The number of hydrogen-bond acceptors (Lipinski definition) is 4. The van der Waals surface area contributed by atoms with E-state index in [4.69, 9.17) is 4.98 Å². The molecule has 5 rings (SSSR count). The van der Waals surface area contributed by atoms with Crippen LogP contribution in [-0.4, -0.2) is 29.0 Å². The number of benzene rings is 3. The highest BCUT2D eigenvalue weighted by Gasteiger charge is 2.46. The summed E-state index contributed by atoms with van der Waals surface area (Å²) >= 11 is 0. The van der Waals surface area contributed by atoms with Crippen LogP contribution in [0.1, 0.15) is 35.2 Å². The van der Waals surface area contributed by atoms with Gasteiger partial charge in [0, 0.05) is 17.2 Å². The summed E-state index contributed by atoms with van der Waals surface area (Å²) in [6.07, 6.45) is 0.813. The standard InChI is InChI=1S/C25H20F3N3O3S/c1-14(32)18-4-2-3-5-19(18)16-8-11-22-23(12-16)30-24(29-22)21-13-20(21)15-6-9-17(10-7-15)31-35(33,34)25(26,27)28/h2-12,20-21,31-32H,1,13H2,(H,29,30). The van der Waals surface area contributed by atoms with Crippen LogP contribution in [0.5, 0.6) is 0 Å². The maximum atomic E-state index is 12.6. The average Bonchev–Trinajstić information content (AvgIpc) is 3.49. The number of nitrogens with one attached hydrogen (secondary N) is 2. The molecule has 0 bridgehead atoms. The van der Waals surface area contributed by atoms with Crippen LogP contribution < -0.4 is 4.72 Å². The fourth-order valence-electron chi connectivity index (χ4n) is 4.24. The van der Waals surface area contributed by atoms with Gasteiger partial charge in [-0.3, -0.25) is 4.72 Å². The zero-order valence-electron chi connectivity index (χ0n) is 18.2. The summed E-state index contributed by atoms with van der Waals surface area (Å²) in [5.41, 5.74) is -0.583. The van der Waals surface area contributed by atoms with E-state index in [1.54, 1.807) is 22.9 Å². The fraction of sp³-hybridized carbons (Fsp3) is 0.160. The zero-order chi connectivity index (χ0) is 25.0. The van der Waals surface area contributed by atoms with Gasteiger partial charge in [-0.25, -0.2) is 4.98 Å². The molecule has 6 nitrogen and oxygen atoms in total. The van der Waals surface area contributed by atoms with Gasteiger partial charge in [-0.1, -0.05) is 49.0 Å². The van der Waals surface area contributed by atoms with Crippen molar-refractivity contribution in [2.24, 2.45) is 0 Å². The molecule has 4 aromatic rings. The first-order valence-electron chi connectivity index (χ1n) is 10.7. The predicted molar refractivity (Wildman–Crippen MR) is 128 cm³/mol. The van der Waals surface area contributed by atoms with Gasteiger partial charge in [0.15, 0.2) is 0 Å². The molecule has 180 valence electrons. The van der Waals surface area contributed by atoms with E-state index in [0.717, 1.165) is 40.0 Å². The molecule has 1 aliphatic rings. The second kappa shape index (κ2) is 8.16. The van der Waals surface area contributed by atoms with Crippen molar-refractivity contribution in [2.45, 2.75) is 23.8 Å². The number of imidazole rings is 1. The summed E-state index contributed by atoms with van der Waals surface area (Å²) in [4.78, 5) is 8.06. The van der Waals surface area contributed by atoms with E-state index >= 15 is 0 Å². The molecular formula is C25H20F3N3O3S. The molecule has 1 saturated carbocycles. The van der Waals surface area contributed by atoms with Gasteiger partial charge in [-0.15, -0.1) is 0 Å². The van der Waals surface area contributed by atoms with Crippen molar-refractivity contribution in [1.29, 1.82) is 0 Å². The summed E-state index contributed by atoms with van der Waals surface area (Å²) in [5, 5.41) is 9.91. The molecule has 1 heterocycles. The predicted octanol–water partition coefficient (Wildman–Crippen LogP) is 6.29. The van der Waals surface area contributed by atoms with Crippen molar-refractivity contribution in [1.82, 2.24) is 9.97 Å². The first kappa shape index (κ1) is 23.0. The van der Waals surface area contributed by atoms with E-state index < -0.39 is 15.5 Å². The van der Waals surface area contributed by atoms with Gasteiger partial charge in [0.2, 0.25) is 0 Å². The van der Waals surface area contributed by atoms with Crippen molar-refractivity contribution >= 4 is 32.5 Å². The topological polar surface area (TPSA) is 95.1 Å². The Labute approximate surface area is 199 Å². The van der Waals surface area contributed by atoms with Crippen LogP contribution in [0.3, 0.4) is 0 Å². The third kappa shape index (κ3) is 4.37. The lowest BCUT2D eigenvalue weighted by Crippen LogP contribution is -2.29. The molecule has 3 N–H and O–H groups in total. The number of aliphatic hydroxyl groups excluding tert-OH is 1. The minimum atomic E-state index is -5.45. The van der Waals surface area contributed by atoms with Gasteiger partial charge < -0.3 is 10.1 Å². The van der Waals surface area contributed by atoms with Crippen LogP contribution in [-0.2, 0) is 10.0 Å². The third-order valence-electron chi connectivity index (χ3n) is 6.09. The van der Waals surface area contributed by atoms with Crippen LogP contribution in [0, 0.1) is 0 Å². The molecule has 2 atom stereocenters. The van der Waals surface area contributed by atoms with Crippen LogP contribution in [0.15, 0.2) is 73.3 Å². The maximum Gasteiger partial charge on any atom is 0.516 e. The molecule has 2 unspecified atom stereocenters. The SMILES string of the molecule is C=C(O)c1ccccc1-c1ccc2nc(C3CC3c3ccc(NS(=O)(=O)C(F)(F)F)cc3)[nH]c2c1. The summed E-state index contributed by atoms with van der Waals surface area (Å²) in [6, 6.07) is 19.1. The van der Waals surface area contributed by atoms with Crippen molar-refractivity contribution in [2.75, 3.05) is 4.72 Å². The van der Waals surface area contributed by atoms with E-state index in [2.05, 4.69) is 11.6 Å². The van der Waals surface area contributed by atoms with Crippen LogP contribution in [0.4, 0.5) is 18.9 Å². The van der Waals surface area contributed by atoms with Gasteiger partial charge in [0.1, 0.15) is 11.6 Å². The van der Waals surface area contributed by atoms with Gasteiger partial charge in [0.25, 0.3) is 0 Å². The highest BCUT2D eigenvalue weighted by Crippen LogP contribution is 2.54. The molecule has 35 heavy (non-hydrogen) atoms. The highest BCUT2D eigenvalue weighted by atomic mass is 32.2. The fourth-order valence-corrected chi connectivity index (χ4v) is 4.80. The molecule has 1 aliphatic carbocycles. The Hall–Kier alpha value is -3.79. The summed E-state index contributed by atoms with van der Waals surface area (Å²) in [7, 11) is -5.45. The van der Waals surface area contributed by atoms with Gasteiger partial charge >= 0.3 is 15.5 Å². The molecule has 1 fully saturated rings. The van der Waals surface area contributed by atoms with Crippen molar-refractivity contribution in [3.05, 3.63) is 90.3 Å². The Morgan fingerprint density at radius 3 is 2.46 bits per heavy atom. The van der Waals surface area contributed by atoms with E-state index in [0.29, 0.717) is 5.56 Å². The largest absolute Gasteiger partial charge is 0.516 e. The summed E-state index contributed by atoms with van der Waals surface area (Å²) in [6.45, 7) is 3.63. The number of halogens is 3. The maximum absolute atomic E-state index is 12.6. The lowest BCUT2D eigenvalue weighted by atomic mass is 9.98. The molecular weight excluding hydrogens is 479 g/mol. The third-order valence-corrected chi connectivity index (χ3v) is 7.20. The van der Waals surface area contributed by atoms with Crippen LogP contribution in [0.2, 0.25) is 0 Å². The number of fused-ring (bicyclic) bond motifs is 1. The zero-order valence-corrected chi connectivity index (χ0v) is 19.0. The van der Waals surface area contributed by atoms with Crippen molar-refractivity contribution < 1.29 is 26.7 Å². The molecule has 0 amide bonds. The number of sulfonamides is 1. The normalized spacial score (nSPS) is 17.9. The molecule has 0 spiro atoms.